The van der Waals surface area contributed by atoms with Crippen LogP contribution in [-0.4, -0.2) is 21.0 Å². The number of halogens is 2. The van der Waals surface area contributed by atoms with E-state index in [-0.39, 0.29) is 10.8 Å². The molecule has 118 valence electrons. The number of benzene rings is 1. The zero-order chi connectivity index (χ0) is 16.6. The molecule has 2 aromatic rings. The van der Waals surface area contributed by atoms with Crippen LogP contribution in [0.3, 0.4) is 0 Å². The highest BCUT2D eigenvalue weighted by Gasteiger charge is 2.39. The molecule has 1 aromatic heterocycles. The largest absolute Gasteiger partial charge is 0.297 e. The van der Waals surface area contributed by atoms with Gasteiger partial charge in [-0.1, -0.05) is 54.0 Å². The van der Waals surface area contributed by atoms with E-state index < -0.39 is 5.92 Å². The molecule has 0 bridgehead atoms. The maximum absolute atomic E-state index is 12.6. The first-order chi connectivity index (χ1) is 11.0. The molecule has 23 heavy (non-hydrogen) atoms. The lowest BCUT2D eigenvalue weighted by atomic mass is 10.1. The monoisotopic (exact) mass is 383 g/mol. The number of carbonyl (C=O) groups excluding carboxylic acids is 1. The Balaban J connectivity index is 1.94. The molecule has 1 aromatic carbocycles. The van der Waals surface area contributed by atoms with E-state index >= 15 is 0 Å². The molecule has 0 radical (unpaired) electrons. The molecule has 0 amide bonds. The number of allylic oxidation sites excluding steroid dienone is 1. The van der Waals surface area contributed by atoms with E-state index in [1.165, 1.54) is 11.3 Å². The zero-order valence-electron chi connectivity index (χ0n) is 12.0. The highest BCUT2D eigenvalue weighted by molar-refractivity contribution is 8.19. The summed E-state index contributed by atoms with van der Waals surface area (Å²) in [5.74, 6) is -0.795. The number of nitrogens with zero attached hydrogens (tertiary/aromatic N) is 2. The average Bonchev–Trinajstić information content (AvgIpc) is 3.09. The minimum Gasteiger partial charge on any atom is -0.297 e. The molecule has 0 aliphatic carbocycles. The number of rotatable bonds is 3. The van der Waals surface area contributed by atoms with E-state index in [2.05, 4.69) is 10.2 Å². The van der Waals surface area contributed by atoms with Gasteiger partial charge in [-0.25, -0.2) is 0 Å². The molecule has 1 unspecified atom stereocenters. The number of nitrogens with one attached hydrogen (secondary N) is 1. The summed E-state index contributed by atoms with van der Waals surface area (Å²) >= 11 is 14.7. The van der Waals surface area contributed by atoms with Crippen molar-refractivity contribution in [3.05, 3.63) is 48.7 Å². The molecule has 0 saturated carbocycles. The second kappa shape index (κ2) is 6.73. The molecule has 1 fully saturated rings. The molecule has 1 N–H and O–H groups in total. The van der Waals surface area contributed by atoms with Gasteiger partial charge in [0.1, 0.15) is 15.9 Å². The molecule has 2 heterocycles. The predicted octanol–water partition coefficient (Wildman–Crippen LogP) is 4.83. The van der Waals surface area contributed by atoms with Crippen molar-refractivity contribution in [2.75, 3.05) is 0 Å². The summed E-state index contributed by atoms with van der Waals surface area (Å²) in [7, 11) is 0. The van der Waals surface area contributed by atoms with Crippen LogP contribution in [0.5, 0.6) is 0 Å². The number of aromatic nitrogens is 2. The Kier molecular flexibility index (Phi) is 4.87. The van der Waals surface area contributed by atoms with Gasteiger partial charge in [-0.05, 0) is 24.1 Å². The zero-order valence-corrected chi connectivity index (χ0v) is 15.1. The Bertz CT molecular complexity index is 832. The van der Waals surface area contributed by atoms with Gasteiger partial charge >= 0.3 is 0 Å². The second-order valence-corrected chi connectivity index (χ2v) is 7.77. The fourth-order valence-corrected chi connectivity index (χ4v) is 4.42. The van der Waals surface area contributed by atoms with Crippen LogP contribution >= 0.6 is 46.3 Å². The topological polar surface area (TPSA) is 66.7 Å². The number of hydrogen-bond acceptors (Lipinski definition) is 6. The third-order valence-electron chi connectivity index (χ3n) is 3.29. The van der Waals surface area contributed by atoms with Gasteiger partial charge in [0.05, 0.1) is 20.0 Å². The van der Waals surface area contributed by atoms with Crippen LogP contribution in [0, 0.1) is 5.41 Å². The fraction of sp³-hybridized carbons (Fsp3) is 0.200. The summed E-state index contributed by atoms with van der Waals surface area (Å²) in [4.78, 5) is 13.1. The lowest BCUT2D eigenvalue weighted by Crippen LogP contribution is -2.11. The summed E-state index contributed by atoms with van der Waals surface area (Å²) in [6.45, 7) is 1.98. The summed E-state index contributed by atoms with van der Waals surface area (Å²) in [6.07, 6.45) is 2.44. The lowest BCUT2D eigenvalue weighted by molar-refractivity contribution is -0.114. The number of thioether (sulfide) groups is 1. The van der Waals surface area contributed by atoms with Crippen molar-refractivity contribution in [3.63, 3.8) is 0 Å². The molecule has 0 spiro atoms. The van der Waals surface area contributed by atoms with Gasteiger partial charge in [0.25, 0.3) is 0 Å². The normalized spacial score (nSPS) is 19.8. The van der Waals surface area contributed by atoms with Crippen molar-refractivity contribution < 1.29 is 4.79 Å². The first-order valence-corrected chi connectivity index (χ1v) is 9.18. The first kappa shape index (κ1) is 16.6. The molecular formula is C15H11Cl2N3OS2. The van der Waals surface area contributed by atoms with Crippen molar-refractivity contribution >= 4 is 63.2 Å². The van der Waals surface area contributed by atoms with Crippen LogP contribution in [0.1, 0.15) is 28.4 Å². The third-order valence-corrected chi connectivity index (χ3v) is 6.25. The Morgan fingerprint density at radius 2 is 2.13 bits per heavy atom. The van der Waals surface area contributed by atoms with Gasteiger partial charge in [-0.2, -0.15) is 0 Å². The standard InChI is InChI=1S/C15H11Cl2N3OS2/c1-2-10-19-20-15(23-10)11-13(21)9(22-14(11)18)6-7-4-3-5-8(16)12(7)17/h3-6,11,18H,2H2,1H3. The molecule has 1 aliphatic rings. The van der Waals surface area contributed by atoms with E-state index in [0.29, 0.717) is 25.5 Å². The SMILES string of the molecule is CCc1nnc(C2C(=N)SC(=Cc3cccc(Cl)c3Cl)C2=O)s1. The van der Waals surface area contributed by atoms with Crippen LogP contribution < -0.4 is 0 Å². The van der Waals surface area contributed by atoms with Crippen LogP contribution in [-0.2, 0) is 11.2 Å². The molecule has 1 aliphatic heterocycles. The summed E-state index contributed by atoms with van der Waals surface area (Å²) in [5.41, 5.74) is 0.662. The van der Waals surface area contributed by atoms with Crippen molar-refractivity contribution in [2.24, 2.45) is 0 Å². The number of carbonyl (C=O) groups is 1. The highest BCUT2D eigenvalue weighted by atomic mass is 35.5. The highest BCUT2D eigenvalue weighted by Crippen LogP contribution is 2.42. The van der Waals surface area contributed by atoms with Gasteiger partial charge in [-0.3, -0.25) is 10.2 Å². The number of hydrogen-bond donors (Lipinski definition) is 1. The number of aryl methyl sites for hydroxylation is 1. The van der Waals surface area contributed by atoms with Crippen molar-refractivity contribution in [1.82, 2.24) is 10.2 Å². The minimum absolute atomic E-state index is 0.144. The van der Waals surface area contributed by atoms with E-state index in [1.807, 2.05) is 6.92 Å². The Morgan fingerprint density at radius 1 is 1.35 bits per heavy atom. The predicted molar refractivity (Wildman–Crippen MR) is 96.8 cm³/mol. The Morgan fingerprint density at radius 3 is 2.83 bits per heavy atom. The minimum atomic E-state index is -0.651. The van der Waals surface area contributed by atoms with Crippen molar-refractivity contribution in [2.45, 2.75) is 19.3 Å². The maximum Gasteiger partial charge on any atom is 0.186 e. The molecule has 1 atom stereocenters. The summed E-state index contributed by atoms with van der Waals surface area (Å²) in [5, 5.41) is 18.7. The maximum atomic E-state index is 12.6. The van der Waals surface area contributed by atoms with Gasteiger partial charge in [-0.15, -0.1) is 21.5 Å². The first-order valence-electron chi connectivity index (χ1n) is 6.79. The van der Waals surface area contributed by atoms with Gasteiger partial charge in [0.2, 0.25) is 0 Å². The Labute approximate surface area is 151 Å². The summed E-state index contributed by atoms with van der Waals surface area (Å²) < 4.78 is 0. The molecular weight excluding hydrogens is 373 g/mol. The molecule has 8 heteroatoms. The van der Waals surface area contributed by atoms with Gasteiger partial charge in [0.15, 0.2) is 5.78 Å². The Hall–Kier alpha value is -1.21. The van der Waals surface area contributed by atoms with Crippen molar-refractivity contribution in [1.29, 1.82) is 5.41 Å². The smallest absolute Gasteiger partial charge is 0.186 e. The van der Waals surface area contributed by atoms with Crippen LogP contribution in [0.15, 0.2) is 23.1 Å². The average molecular weight is 384 g/mol. The van der Waals surface area contributed by atoms with Crippen LogP contribution in [0.25, 0.3) is 6.08 Å². The van der Waals surface area contributed by atoms with E-state index in [0.717, 1.165) is 23.2 Å². The van der Waals surface area contributed by atoms with Crippen molar-refractivity contribution in [3.8, 4) is 0 Å². The van der Waals surface area contributed by atoms with E-state index in [1.54, 1.807) is 24.3 Å². The van der Waals surface area contributed by atoms with E-state index in [9.17, 15) is 4.79 Å². The van der Waals surface area contributed by atoms with Crippen LogP contribution in [0.4, 0.5) is 0 Å². The molecule has 3 rings (SSSR count). The lowest BCUT2D eigenvalue weighted by Gasteiger charge is -2.02. The number of ketones is 1. The summed E-state index contributed by atoms with van der Waals surface area (Å²) in [6, 6.07) is 5.24. The quantitative estimate of drug-likeness (QED) is 0.770. The van der Waals surface area contributed by atoms with Crippen LogP contribution in [0.2, 0.25) is 10.0 Å². The second-order valence-electron chi connectivity index (χ2n) is 4.80. The molecule has 4 nitrogen and oxygen atoms in total. The van der Waals surface area contributed by atoms with E-state index in [4.69, 9.17) is 28.6 Å². The fourth-order valence-electron chi connectivity index (χ4n) is 2.11. The third kappa shape index (κ3) is 3.21. The molecule has 1 saturated heterocycles. The van der Waals surface area contributed by atoms with Gasteiger partial charge < -0.3 is 0 Å². The number of Topliss-reactive ketones (excluding diaryl/α,β-unsaturated/α-hetero) is 1. The van der Waals surface area contributed by atoms with Gasteiger partial charge in [0, 0.05) is 0 Å².